The van der Waals surface area contributed by atoms with E-state index >= 15 is 0 Å². The molecule has 0 fully saturated rings. The molecule has 4 nitrogen and oxygen atoms in total. The normalized spacial score (nSPS) is 12.3. The van der Waals surface area contributed by atoms with Crippen LogP contribution >= 0.6 is 11.3 Å². The highest BCUT2D eigenvalue weighted by Crippen LogP contribution is 2.21. The lowest BCUT2D eigenvalue weighted by Crippen LogP contribution is -2.21. The Morgan fingerprint density at radius 2 is 2.08 bits per heavy atom. The van der Waals surface area contributed by atoms with E-state index in [1.807, 2.05) is 0 Å². The third-order valence-corrected chi connectivity index (χ3v) is 4.78. The quantitative estimate of drug-likeness (QED) is 0.715. The maximum atomic E-state index is 11.5. The number of hydrogen-bond donors (Lipinski definition) is 0. The smallest absolute Gasteiger partial charge is 0.249 e. The Morgan fingerprint density at radius 1 is 1.50 bits per heavy atom. The second kappa shape index (κ2) is 3.12. The summed E-state index contributed by atoms with van der Waals surface area (Å²) >= 11 is 1.14. The second-order valence-electron chi connectivity index (χ2n) is 2.51. The molecular weight excluding hydrogens is 196 g/mol. The van der Waals surface area contributed by atoms with Gasteiger partial charge in [-0.05, 0) is 6.92 Å². The van der Waals surface area contributed by atoms with Gasteiger partial charge in [-0.25, -0.2) is 17.7 Å². The van der Waals surface area contributed by atoms with E-state index < -0.39 is 10.0 Å². The maximum absolute atomic E-state index is 11.5. The summed E-state index contributed by atoms with van der Waals surface area (Å²) in [5, 5.41) is 0. The highest BCUT2D eigenvalue weighted by molar-refractivity contribution is 7.91. The summed E-state index contributed by atoms with van der Waals surface area (Å²) in [6, 6.07) is 0. The molecule has 12 heavy (non-hydrogen) atoms. The largest absolute Gasteiger partial charge is 0.253 e. The van der Waals surface area contributed by atoms with E-state index in [1.165, 1.54) is 23.9 Å². The number of thiazole rings is 1. The van der Waals surface area contributed by atoms with Crippen molar-refractivity contribution in [2.24, 2.45) is 0 Å². The summed E-state index contributed by atoms with van der Waals surface area (Å²) < 4.78 is 24.5. The third-order valence-electron chi connectivity index (χ3n) is 1.42. The highest BCUT2D eigenvalue weighted by Gasteiger charge is 2.21. The van der Waals surface area contributed by atoms with Crippen LogP contribution in [0.3, 0.4) is 0 Å². The van der Waals surface area contributed by atoms with Crippen molar-refractivity contribution in [3.63, 3.8) is 0 Å². The fourth-order valence-electron chi connectivity index (χ4n) is 0.705. The first-order valence-electron chi connectivity index (χ1n) is 3.29. The van der Waals surface area contributed by atoms with Crippen LogP contribution in [0.5, 0.6) is 0 Å². The first-order valence-corrected chi connectivity index (χ1v) is 5.61. The third kappa shape index (κ3) is 1.50. The first kappa shape index (κ1) is 9.63. The molecule has 0 saturated heterocycles. The van der Waals surface area contributed by atoms with Gasteiger partial charge in [0.15, 0.2) is 4.21 Å². The monoisotopic (exact) mass is 206 g/mol. The van der Waals surface area contributed by atoms with Gasteiger partial charge in [0.2, 0.25) is 0 Å². The minimum absolute atomic E-state index is 0.326. The molecule has 6 heteroatoms. The molecule has 68 valence electrons. The summed E-state index contributed by atoms with van der Waals surface area (Å²) in [5.41, 5.74) is 2.10. The van der Waals surface area contributed by atoms with Crippen LogP contribution in [0.2, 0.25) is 0 Å². The Kier molecular flexibility index (Phi) is 2.50. The van der Waals surface area contributed by atoms with Crippen molar-refractivity contribution >= 4 is 21.4 Å². The van der Waals surface area contributed by atoms with E-state index in [0.29, 0.717) is 9.90 Å². The van der Waals surface area contributed by atoms with E-state index in [-0.39, 0.29) is 0 Å². The Morgan fingerprint density at radius 3 is 2.42 bits per heavy atom. The van der Waals surface area contributed by atoms with Crippen LogP contribution < -0.4 is 0 Å². The van der Waals surface area contributed by atoms with Gasteiger partial charge in [0, 0.05) is 14.1 Å². The van der Waals surface area contributed by atoms with Crippen LogP contribution in [0.15, 0.2) is 9.72 Å². The molecule has 1 aromatic rings. The van der Waals surface area contributed by atoms with E-state index in [0.717, 1.165) is 11.3 Å². The van der Waals surface area contributed by atoms with Crippen molar-refractivity contribution in [2.75, 3.05) is 14.1 Å². The Bertz CT molecular complexity index is 367. The van der Waals surface area contributed by atoms with Gasteiger partial charge >= 0.3 is 0 Å². The molecule has 0 amide bonds. The zero-order valence-electron chi connectivity index (χ0n) is 7.10. The van der Waals surface area contributed by atoms with Crippen LogP contribution in [-0.4, -0.2) is 31.8 Å². The lowest BCUT2D eigenvalue weighted by atomic mass is 10.6. The SMILES string of the molecule is Cc1ncsc1S(=O)(=O)N(C)C. The predicted molar refractivity (Wildman–Crippen MR) is 47.7 cm³/mol. The fourth-order valence-corrected chi connectivity index (χ4v) is 3.05. The lowest BCUT2D eigenvalue weighted by Gasteiger charge is -2.08. The van der Waals surface area contributed by atoms with Crippen molar-refractivity contribution in [1.29, 1.82) is 0 Å². The number of aryl methyl sites for hydroxylation is 1. The van der Waals surface area contributed by atoms with Gasteiger partial charge in [0.25, 0.3) is 10.0 Å². The topological polar surface area (TPSA) is 50.3 Å². The Labute approximate surface area is 75.9 Å². The average molecular weight is 206 g/mol. The van der Waals surface area contributed by atoms with Gasteiger partial charge in [0.1, 0.15) is 0 Å². The van der Waals surface area contributed by atoms with Gasteiger partial charge in [-0.3, -0.25) is 0 Å². The minimum atomic E-state index is -3.27. The number of nitrogens with zero attached hydrogens (tertiary/aromatic N) is 2. The number of rotatable bonds is 2. The number of aromatic nitrogens is 1. The molecule has 0 spiro atoms. The van der Waals surface area contributed by atoms with Gasteiger partial charge in [-0.15, -0.1) is 11.3 Å². The molecule has 0 aliphatic heterocycles. The second-order valence-corrected chi connectivity index (χ2v) is 5.71. The molecule has 0 saturated carbocycles. The summed E-state index contributed by atoms with van der Waals surface area (Å²) in [5.74, 6) is 0. The molecule has 0 aliphatic rings. The molecule has 1 rings (SSSR count). The molecular formula is C6H10N2O2S2. The van der Waals surface area contributed by atoms with Gasteiger partial charge < -0.3 is 0 Å². The number of hydrogen-bond acceptors (Lipinski definition) is 4. The van der Waals surface area contributed by atoms with Crippen molar-refractivity contribution in [1.82, 2.24) is 9.29 Å². The van der Waals surface area contributed by atoms with E-state index in [4.69, 9.17) is 0 Å². The standard InChI is InChI=1S/C6H10N2O2S2/c1-5-6(11-4-7-5)12(9,10)8(2)3/h4H,1-3H3. The average Bonchev–Trinajstić information content (AvgIpc) is 2.35. The highest BCUT2D eigenvalue weighted by atomic mass is 32.2. The molecule has 1 heterocycles. The van der Waals surface area contributed by atoms with Crippen LogP contribution in [0, 0.1) is 6.92 Å². The maximum Gasteiger partial charge on any atom is 0.253 e. The lowest BCUT2D eigenvalue weighted by molar-refractivity contribution is 0.522. The van der Waals surface area contributed by atoms with Crippen LogP contribution in [-0.2, 0) is 10.0 Å². The Balaban J connectivity index is 3.24. The zero-order chi connectivity index (χ0) is 9.35. The van der Waals surface area contributed by atoms with E-state index in [1.54, 1.807) is 6.92 Å². The molecule has 1 aromatic heterocycles. The zero-order valence-corrected chi connectivity index (χ0v) is 8.74. The molecule has 0 aromatic carbocycles. The summed E-state index contributed by atoms with van der Waals surface area (Å²) in [6.07, 6.45) is 0. The first-order chi connectivity index (χ1) is 5.46. The minimum Gasteiger partial charge on any atom is -0.249 e. The molecule has 0 radical (unpaired) electrons. The molecule has 0 bridgehead atoms. The van der Waals surface area contributed by atoms with Crippen LogP contribution in [0.25, 0.3) is 0 Å². The fraction of sp³-hybridized carbons (Fsp3) is 0.500. The van der Waals surface area contributed by atoms with Gasteiger partial charge in [-0.1, -0.05) is 0 Å². The van der Waals surface area contributed by atoms with Crippen LogP contribution in [0.1, 0.15) is 5.69 Å². The summed E-state index contributed by atoms with van der Waals surface area (Å²) in [4.78, 5) is 3.88. The molecule has 0 N–H and O–H groups in total. The van der Waals surface area contributed by atoms with Gasteiger partial charge in [0.05, 0.1) is 11.2 Å². The number of sulfonamides is 1. The Hall–Kier alpha value is -0.460. The van der Waals surface area contributed by atoms with Crippen molar-refractivity contribution < 1.29 is 8.42 Å². The molecule has 0 atom stereocenters. The van der Waals surface area contributed by atoms with Crippen molar-refractivity contribution in [2.45, 2.75) is 11.1 Å². The van der Waals surface area contributed by atoms with Crippen molar-refractivity contribution in [3.8, 4) is 0 Å². The van der Waals surface area contributed by atoms with Crippen LogP contribution in [0.4, 0.5) is 0 Å². The van der Waals surface area contributed by atoms with E-state index in [9.17, 15) is 8.42 Å². The summed E-state index contributed by atoms with van der Waals surface area (Å²) in [7, 11) is -0.258. The van der Waals surface area contributed by atoms with Crippen molar-refractivity contribution in [3.05, 3.63) is 11.2 Å². The summed E-state index contributed by atoms with van der Waals surface area (Å²) in [6.45, 7) is 1.69. The predicted octanol–water partition coefficient (Wildman–Crippen LogP) is 0.702. The van der Waals surface area contributed by atoms with Gasteiger partial charge in [-0.2, -0.15) is 0 Å². The van der Waals surface area contributed by atoms with E-state index in [2.05, 4.69) is 4.98 Å². The molecule has 0 aliphatic carbocycles. The molecule has 0 unspecified atom stereocenters.